The quantitative estimate of drug-likeness (QED) is 0.202. The van der Waals surface area contributed by atoms with Crippen LogP contribution in [0.25, 0.3) is 0 Å². The number of nitrogens with zero attached hydrogens (tertiary/aromatic N) is 1. The van der Waals surface area contributed by atoms with Crippen LogP contribution in [0.2, 0.25) is 0 Å². The Hall–Kier alpha value is -2.74. The van der Waals surface area contributed by atoms with Crippen molar-refractivity contribution in [3.63, 3.8) is 0 Å². The van der Waals surface area contributed by atoms with E-state index >= 15 is 0 Å². The first-order valence-electron chi connectivity index (χ1n) is 15.2. The van der Waals surface area contributed by atoms with Crippen molar-refractivity contribution in [2.45, 2.75) is 89.7 Å². The highest BCUT2D eigenvalue weighted by molar-refractivity contribution is 9.10. The van der Waals surface area contributed by atoms with Crippen molar-refractivity contribution in [1.82, 2.24) is 4.90 Å². The molecule has 1 saturated carbocycles. The summed E-state index contributed by atoms with van der Waals surface area (Å²) in [7, 11) is 0. The molecule has 2 aromatic carbocycles. The zero-order valence-corrected chi connectivity index (χ0v) is 25.9. The van der Waals surface area contributed by atoms with Crippen molar-refractivity contribution in [3.05, 3.63) is 57.6 Å². The number of ether oxygens (including phenoxy) is 4. The van der Waals surface area contributed by atoms with Gasteiger partial charge in [-0.3, -0.25) is 0 Å². The highest BCUT2D eigenvalue weighted by Gasteiger charge is 2.54. The molecule has 222 valence electrons. The predicted molar refractivity (Wildman–Crippen MR) is 160 cm³/mol. The Labute approximate surface area is 252 Å². The van der Waals surface area contributed by atoms with Crippen LogP contribution in [0.3, 0.4) is 0 Å². The first-order chi connectivity index (χ1) is 20.0. The summed E-state index contributed by atoms with van der Waals surface area (Å²) in [5.41, 5.74) is 3.42. The van der Waals surface area contributed by atoms with Crippen LogP contribution in [0.1, 0.15) is 81.9 Å². The summed E-state index contributed by atoms with van der Waals surface area (Å²) in [6, 6.07) is 12.1. The van der Waals surface area contributed by atoms with Gasteiger partial charge in [0, 0.05) is 18.0 Å². The lowest BCUT2D eigenvalue weighted by Gasteiger charge is -2.52. The third-order valence-corrected chi connectivity index (χ3v) is 9.90. The summed E-state index contributed by atoms with van der Waals surface area (Å²) < 4.78 is 24.2. The average molecular weight is 629 g/mol. The van der Waals surface area contributed by atoms with Gasteiger partial charge in [-0.15, -0.1) is 0 Å². The van der Waals surface area contributed by atoms with E-state index in [1.54, 1.807) is 6.92 Å². The summed E-state index contributed by atoms with van der Waals surface area (Å²) in [5.74, 6) is 1.16. The SMILES string of the molecule is CCCCOc1cc2c(c(Br)c1OCC(=O)OCC)C[C@H]1C3CCCC[C@@]23CCCN1C(=O)OCc1ccccc1. The number of hydrogen-bond acceptors (Lipinski definition) is 6. The average Bonchev–Trinajstić information content (AvgIpc) is 3.11. The number of benzene rings is 2. The number of rotatable bonds is 10. The number of fused-ring (bicyclic) bond motifs is 1. The van der Waals surface area contributed by atoms with Gasteiger partial charge in [0.1, 0.15) is 6.61 Å². The number of carbonyl (C=O) groups excluding carboxylic acids is 2. The molecule has 2 fully saturated rings. The van der Waals surface area contributed by atoms with E-state index in [0.717, 1.165) is 54.1 Å². The van der Waals surface area contributed by atoms with Crippen LogP contribution in [0.4, 0.5) is 4.79 Å². The van der Waals surface area contributed by atoms with Gasteiger partial charge in [-0.2, -0.15) is 0 Å². The van der Waals surface area contributed by atoms with Crippen LogP contribution in [0, 0.1) is 5.92 Å². The predicted octanol–water partition coefficient (Wildman–Crippen LogP) is 7.36. The molecule has 2 bridgehead atoms. The van der Waals surface area contributed by atoms with Gasteiger partial charge in [0.2, 0.25) is 0 Å². The summed E-state index contributed by atoms with van der Waals surface area (Å²) in [5, 5.41) is 0. The number of amides is 1. The minimum Gasteiger partial charge on any atom is -0.490 e. The van der Waals surface area contributed by atoms with Crippen molar-refractivity contribution in [2.75, 3.05) is 26.4 Å². The second-order valence-corrected chi connectivity index (χ2v) is 12.2. The molecule has 1 heterocycles. The molecule has 3 aliphatic rings. The van der Waals surface area contributed by atoms with E-state index in [1.165, 1.54) is 18.4 Å². The second kappa shape index (κ2) is 13.5. The van der Waals surface area contributed by atoms with Crippen molar-refractivity contribution in [3.8, 4) is 11.5 Å². The lowest BCUT2D eigenvalue weighted by molar-refractivity contribution is -0.145. The Bertz CT molecular complexity index is 1220. The Balaban J connectivity index is 1.50. The van der Waals surface area contributed by atoms with Gasteiger partial charge in [-0.25, -0.2) is 9.59 Å². The number of hydrogen-bond donors (Lipinski definition) is 0. The van der Waals surface area contributed by atoms with Crippen LogP contribution < -0.4 is 9.47 Å². The molecule has 1 amide bonds. The molecule has 0 spiro atoms. The number of likely N-dealkylation sites (tertiary alicyclic amines) is 1. The molecule has 7 nitrogen and oxygen atoms in total. The van der Waals surface area contributed by atoms with E-state index in [1.807, 2.05) is 35.2 Å². The lowest BCUT2D eigenvalue weighted by Crippen LogP contribution is -2.54. The van der Waals surface area contributed by atoms with Gasteiger partial charge in [0.05, 0.1) is 17.7 Å². The fraction of sp³-hybridized carbons (Fsp3) is 0.576. The zero-order valence-electron chi connectivity index (χ0n) is 24.3. The van der Waals surface area contributed by atoms with Gasteiger partial charge in [0.15, 0.2) is 18.1 Å². The number of unbranched alkanes of at least 4 members (excludes halogenated alkanes) is 1. The molecule has 5 rings (SSSR count). The maximum absolute atomic E-state index is 13.6. The van der Waals surface area contributed by atoms with E-state index < -0.39 is 5.97 Å². The molecule has 0 radical (unpaired) electrons. The topological polar surface area (TPSA) is 74.3 Å². The van der Waals surface area contributed by atoms with Crippen molar-refractivity contribution in [2.24, 2.45) is 5.92 Å². The maximum Gasteiger partial charge on any atom is 0.410 e. The fourth-order valence-corrected chi connectivity index (χ4v) is 7.92. The minimum absolute atomic E-state index is 0.0317. The lowest BCUT2D eigenvalue weighted by atomic mass is 9.54. The summed E-state index contributed by atoms with van der Waals surface area (Å²) in [4.78, 5) is 27.8. The summed E-state index contributed by atoms with van der Waals surface area (Å²) in [6.45, 7) is 5.57. The van der Waals surface area contributed by atoms with Gasteiger partial charge in [-0.1, -0.05) is 56.5 Å². The van der Waals surface area contributed by atoms with E-state index in [2.05, 4.69) is 28.9 Å². The standard InChI is InChI=1S/C33H42BrNO6/c1-3-5-18-39-28-20-26-24(30(34)31(28)40-22-29(36)38-4-2)19-27-25-14-9-10-15-33(25,26)16-11-17-35(27)32(37)41-21-23-12-7-6-8-13-23/h6-8,12-13,20,25,27H,3-5,9-11,14-19,21-22H2,1-2H3/t25?,27-,33-/m0/s1. The minimum atomic E-state index is -0.413. The number of esters is 1. The van der Waals surface area contributed by atoms with Crippen LogP contribution >= 0.6 is 15.9 Å². The molecule has 1 saturated heterocycles. The number of carbonyl (C=O) groups is 2. The van der Waals surface area contributed by atoms with E-state index in [-0.39, 0.29) is 30.8 Å². The smallest absolute Gasteiger partial charge is 0.410 e. The van der Waals surface area contributed by atoms with Gasteiger partial charge in [-0.05, 0) is 90.1 Å². The maximum atomic E-state index is 13.6. The molecule has 1 unspecified atom stereocenters. The molecule has 2 aliphatic carbocycles. The highest BCUT2D eigenvalue weighted by atomic mass is 79.9. The Morgan fingerprint density at radius 1 is 1.05 bits per heavy atom. The Morgan fingerprint density at radius 3 is 2.63 bits per heavy atom. The summed E-state index contributed by atoms with van der Waals surface area (Å²) >= 11 is 3.89. The van der Waals surface area contributed by atoms with Gasteiger partial charge >= 0.3 is 12.1 Å². The largest absolute Gasteiger partial charge is 0.490 e. The Morgan fingerprint density at radius 2 is 1.85 bits per heavy atom. The van der Waals surface area contributed by atoms with E-state index in [9.17, 15) is 9.59 Å². The third-order valence-electron chi connectivity index (χ3n) is 9.06. The van der Waals surface area contributed by atoms with Crippen LogP contribution in [-0.2, 0) is 32.7 Å². The van der Waals surface area contributed by atoms with Crippen molar-refractivity contribution >= 4 is 28.0 Å². The highest BCUT2D eigenvalue weighted by Crippen LogP contribution is 2.58. The molecular weight excluding hydrogens is 586 g/mol. The van der Waals surface area contributed by atoms with E-state index in [0.29, 0.717) is 43.6 Å². The molecule has 1 aliphatic heterocycles. The second-order valence-electron chi connectivity index (χ2n) is 11.5. The fourth-order valence-electron chi connectivity index (χ4n) is 7.24. The molecule has 0 aromatic heterocycles. The first kappa shape index (κ1) is 29.7. The van der Waals surface area contributed by atoms with E-state index in [4.69, 9.17) is 18.9 Å². The molecule has 2 aromatic rings. The monoisotopic (exact) mass is 627 g/mol. The van der Waals surface area contributed by atoms with Crippen LogP contribution in [0.15, 0.2) is 40.9 Å². The normalized spacial score (nSPS) is 23.0. The number of halogens is 1. The van der Waals surface area contributed by atoms with Gasteiger partial charge < -0.3 is 23.8 Å². The third kappa shape index (κ3) is 6.23. The van der Waals surface area contributed by atoms with Crippen LogP contribution in [-0.4, -0.2) is 49.4 Å². The van der Waals surface area contributed by atoms with Crippen LogP contribution in [0.5, 0.6) is 11.5 Å². The molecule has 3 atom stereocenters. The molecule has 8 heteroatoms. The van der Waals surface area contributed by atoms with Gasteiger partial charge in [0.25, 0.3) is 0 Å². The Kier molecular flexibility index (Phi) is 9.79. The molecular formula is C33H42BrNO6. The van der Waals surface area contributed by atoms with Crippen molar-refractivity contribution in [1.29, 1.82) is 0 Å². The summed E-state index contributed by atoms with van der Waals surface area (Å²) in [6.07, 6.45) is 8.90. The molecule has 0 N–H and O–H groups in total. The zero-order chi connectivity index (χ0) is 28.8. The molecule has 41 heavy (non-hydrogen) atoms. The first-order valence-corrected chi connectivity index (χ1v) is 16.0. The van der Waals surface area contributed by atoms with Crippen molar-refractivity contribution < 1.29 is 28.5 Å².